The van der Waals surface area contributed by atoms with E-state index in [9.17, 15) is 4.79 Å². The van der Waals surface area contributed by atoms with E-state index in [1.807, 2.05) is 6.92 Å². The summed E-state index contributed by atoms with van der Waals surface area (Å²) in [5, 5.41) is 7.01. The van der Waals surface area contributed by atoms with E-state index in [1.165, 1.54) is 44.9 Å². The molecule has 1 aliphatic heterocycles. The van der Waals surface area contributed by atoms with E-state index in [0.29, 0.717) is 6.04 Å². The Kier molecular flexibility index (Phi) is 6.53. The summed E-state index contributed by atoms with van der Waals surface area (Å²) in [5.74, 6) is 0.189. The van der Waals surface area contributed by atoms with Gasteiger partial charge in [0.15, 0.2) is 0 Å². The smallest absolute Gasteiger partial charge is 0.237 e. The van der Waals surface area contributed by atoms with Gasteiger partial charge in [-0.3, -0.25) is 15.0 Å². The lowest BCUT2D eigenvalue weighted by Gasteiger charge is -2.44. The van der Waals surface area contributed by atoms with Gasteiger partial charge in [-0.1, -0.05) is 32.1 Å². The molecule has 1 atom stereocenters. The molecule has 0 aromatic rings. The molecule has 3 fully saturated rings. The van der Waals surface area contributed by atoms with Crippen LogP contribution in [0, 0.1) is 0 Å². The maximum absolute atomic E-state index is 12.6. The van der Waals surface area contributed by atoms with E-state index in [4.69, 9.17) is 4.74 Å². The molecule has 0 radical (unpaired) electrons. The monoisotopic (exact) mass is 337 g/mol. The Morgan fingerprint density at radius 1 is 1.12 bits per heavy atom. The van der Waals surface area contributed by atoms with Gasteiger partial charge < -0.3 is 10.1 Å². The molecule has 0 spiro atoms. The van der Waals surface area contributed by atoms with E-state index >= 15 is 0 Å². The number of rotatable bonds is 6. The van der Waals surface area contributed by atoms with Crippen molar-refractivity contribution in [1.29, 1.82) is 0 Å². The highest BCUT2D eigenvalue weighted by Gasteiger charge is 2.36. The SMILES string of the molecule is CC(NC1(CN2CCOCC2)CCCCC1)C(=O)NC1CCCC1. The third-order valence-corrected chi connectivity index (χ3v) is 6.06. The Bertz CT molecular complexity index is 397. The largest absolute Gasteiger partial charge is 0.379 e. The molecule has 24 heavy (non-hydrogen) atoms. The molecule has 0 bridgehead atoms. The van der Waals surface area contributed by atoms with Crippen LogP contribution in [-0.4, -0.2) is 61.3 Å². The number of nitrogens with zero attached hydrogens (tertiary/aromatic N) is 1. The molecule has 3 rings (SSSR count). The van der Waals surface area contributed by atoms with Crippen LogP contribution in [0.15, 0.2) is 0 Å². The molecule has 1 unspecified atom stereocenters. The second kappa shape index (κ2) is 8.63. The zero-order valence-electron chi connectivity index (χ0n) is 15.3. The predicted octanol–water partition coefficient (Wildman–Crippen LogP) is 2.06. The van der Waals surface area contributed by atoms with Crippen molar-refractivity contribution in [3.8, 4) is 0 Å². The van der Waals surface area contributed by atoms with Crippen molar-refractivity contribution in [2.45, 2.75) is 82.3 Å². The summed E-state index contributed by atoms with van der Waals surface area (Å²) in [6.07, 6.45) is 11.1. The van der Waals surface area contributed by atoms with E-state index in [-0.39, 0.29) is 17.5 Å². The zero-order valence-corrected chi connectivity index (χ0v) is 15.3. The summed E-state index contributed by atoms with van der Waals surface area (Å²) >= 11 is 0. The highest BCUT2D eigenvalue weighted by molar-refractivity contribution is 5.81. The number of hydrogen-bond acceptors (Lipinski definition) is 4. The van der Waals surface area contributed by atoms with E-state index in [0.717, 1.165) is 45.7 Å². The molecule has 1 heterocycles. The minimum atomic E-state index is -0.107. The lowest BCUT2D eigenvalue weighted by Crippen LogP contribution is -2.61. The normalized spacial score (nSPS) is 27.0. The van der Waals surface area contributed by atoms with Crippen molar-refractivity contribution in [3.05, 3.63) is 0 Å². The second-order valence-corrected chi connectivity index (χ2v) is 8.09. The molecule has 2 N–H and O–H groups in total. The molecule has 1 saturated heterocycles. The van der Waals surface area contributed by atoms with Crippen LogP contribution in [-0.2, 0) is 9.53 Å². The van der Waals surface area contributed by atoms with Crippen LogP contribution >= 0.6 is 0 Å². The van der Waals surface area contributed by atoms with Crippen LogP contribution in [0.25, 0.3) is 0 Å². The van der Waals surface area contributed by atoms with Gasteiger partial charge in [0.05, 0.1) is 19.3 Å². The van der Waals surface area contributed by atoms with Gasteiger partial charge in [-0.25, -0.2) is 0 Å². The van der Waals surface area contributed by atoms with Crippen LogP contribution in [0.4, 0.5) is 0 Å². The minimum absolute atomic E-state index is 0.0992. The molecular weight excluding hydrogens is 302 g/mol. The van der Waals surface area contributed by atoms with E-state index in [1.54, 1.807) is 0 Å². The van der Waals surface area contributed by atoms with Crippen LogP contribution in [0.2, 0.25) is 0 Å². The third-order valence-electron chi connectivity index (χ3n) is 6.06. The standard InChI is InChI=1S/C19H35N3O2/c1-16(18(23)20-17-7-3-4-8-17)21-19(9-5-2-6-10-19)15-22-11-13-24-14-12-22/h16-17,21H,2-15H2,1H3,(H,20,23). The maximum Gasteiger partial charge on any atom is 0.237 e. The van der Waals surface area contributed by atoms with Crippen molar-refractivity contribution in [3.63, 3.8) is 0 Å². The summed E-state index contributed by atoms with van der Waals surface area (Å²) in [4.78, 5) is 15.1. The Morgan fingerprint density at radius 2 is 1.79 bits per heavy atom. The first-order chi connectivity index (χ1) is 11.7. The summed E-state index contributed by atoms with van der Waals surface area (Å²) in [6.45, 7) is 6.82. The minimum Gasteiger partial charge on any atom is -0.379 e. The quantitative estimate of drug-likeness (QED) is 0.779. The predicted molar refractivity (Wildman–Crippen MR) is 96.1 cm³/mol. The molecule has 2 aliphatic carbocycles. The topological polar surface area (TPSA) is 53.6 Å². The number of carbonyl (C=O) groups excluding carboxylic acids is 1. The fourth-order valence-corrected chi connectivity index (χ4v) is 4.69. The fraction of sp³-hybridized carbons (Fsp3) is 0.947. The van der Waals surface area contributed by atoms with Crippen LogP contribution in [0.3, 0.4) is 0 Å². The maximum atomic E-state index is 12.6. The molecule has 5 nitrogen and oxygen atoms in total. The Morgan fingerprint density at radius 3 is 2.46 bits per heavy atom. The number of amides is 1. The van der Waals surface area contributed by atoms with Crippen molar-refractivity contribution >= 4 is 5.91 Å². The summed E-state index contributed by atoms with van der Waals surface area (Å²) in [6, 6.07) is 0.299. The molecule has 5 heteroatoms. The number of nitrogens with one attached hydrogen (secondary N) is 2. The number of hydrogen-bond donors (Lipinski definition) is 2. The Balaban J connectivity index is 1.56. The molecule has 1 amide bonds. The van der Waals surface area contributed by atoms with Gasteiger partial charge in [-0.2, -0.15) is 0 Å². The molecule has 0 aromatic carbocycles. The zero-order chi connectivity index (χ0) is 16.8. The van der Waals surface area contributed by atoms with Crippen molar-refractivity contribution < 1.29 is 9.53 Å². The third kappa shape index (κ3) is 4.93. The summed E-state index contributed by atoms with van der Waals surface area (Å²) in [5.41, 5.74) is 0.0992. The first-order valence-corrected chi connectivity index (χ1v) is 10.1. The lowest BCUT2D eigenvalue weighted by molar-refractivity contribution is -0.124. The molecule has 0 aromatic heterocycles. The van der Waals surface area contributed by atoms with Crippen LogP contribution < -0.4 is 10.6 Å². The number of ether oxygens (including phenoxy) is 1. The van der Waals surface area contributed by atoms with Gasteiger partial charge in [0.25, 0.3) is 0 Å². The van der Waals surface area contributed by atoms with Crippen molar-refractivity contribution in [2.75, 3.05) is 32.8 Å². The fourth-order valence-electron chi connectivity index (χ4n) is 4.69. The lowest BCUT2D eigenvalue weighted by atomic mass is 9.80. The van der Waals surface area contributed by atoms with Crippen molar-refractivity contribution in [1.82, 2.24) is 15.5 Å². The highest BCUT2D eigenvalue weighted by atomic mass is 16.5. The van der Waals surface area contributed by atoms with Gasteiger partial charge in [-0.05, 0) is 32.6 Å². The molecule has 3 aliphatic rings. The van der Waals surface area contributed by atoms with Gasteiger partial charge in [-0.15, -0.1) is 0 Å². The first kappa shape index (κ1) is 18.2. The van der Waals surface area contributed by atoms with E-state index in [2.05, 4.69) is 15.5 Å². The van der Waals surface area contributed by atoms with Crippen molar-refractivity contribution in [2.24, 2.45) is 0 Å². The van der Waals surface area contributed by atoms with Gasteiger partial charge in [0, 0.05) is 31.2 Å². The number of carbonyl (C=O) groups is 1. The Labute approximate surface area is 146 Å². The first-order valence-electron chi connectivity index (χ1n) is 10.1. The Hall–Kier alpha value is -0.650. The van der Waals surface area contributed by atoms with Gasteiger partial charge in [0.2, 0.25) is 5.91 Å². The number of morpholine rings is 1. The van der Waals surface area contributed by atoms with Gasteiger partial charge >= 0.3 is 0 Å². The highest BCUT2D eigenvalue weighted by Crippen LogP contribution is 2.30. The van der Waals surface area contributed by atoms with E-state index < -0.39 is 0 Å². The summed E-state index contributed by atoms with van der Waals surface area (Å²) in [7, 11) is 0. The summed E-state index contributed by atoms with van der Waals surface area (Å²) < 4.78 is 5.49. The van der Waals surface area contributed by atoms with Crippen LogP contribution in [0.1, 0.15) is 64.7 Å². The second-order valence-electron chi connectivity index (χ2n) is 8.09. The molecular formula is C19H35N3O2. The molecule has 2 saturated carbocycles. The van der Waals surface area contributed by atoms with Gasteiger partial charge in [0.1, 0.15) is 0 Å². The molecule has 138 valence electrons. The van der Waals surface area contributed by atoms with Crippen LogP contribution in [0.5, 0.6) is 0 Å². The average Bonchev–Trinajstić information content (AvgIpc) is 3.09. The average molecular weight is 338 g/mol.